The normalized spacial score (nSPS) is 21.6. The van der Waals surface area contributed by atoms with Crippen LogP contribution in [0.4, 0.5) is 24.7 Å². The second-order valence-electron chi connectivity index (χ2n) is 8.42. The molecule has 2 aliphatic rings. The van der Waals surface area contributed by atoms with E-state index < -0.39 is 11.7 Å². The van der Waals surface area contributed by atoms with Gasteiger partial charge in [-0.05, 0) is 56.1 Å². The molecule has 0 bridgehead atoms. The molecule has 2 aliphatic heterocycles. The zero-order valence-electron chi connectivity index (χ0n) is 17.4. The van der Waals surface area contributed by atoms with E-state index in [4.69, 9.17) is 0 Å². The Kier molecular flexibility index (Phi) is 4.77. The molecule has 0 radical (unpaired) electrons. The quantitative estimate of drug-likeness (QED) is 0.633. The van der Waals surface area contributed by atoms with Gasteiger partial charge in [0.25, 0.3) is 0 Å². The average molecular weight is 427 g/mol. The Morgan fingerprint density at radius 3 is 2.84 bits per heavy atom. The minimum atomic E-state index is -4.38. The lowest BCUT2D eigenvalue weighted by atomic mass is 9.96. The molecule has 3 aromatic rings. The topological polar surface area (TPSA) is 53.1 Å². The smallest absolute Gasteiger partial charge is 0.365 e. The van der Waals surface area contributed by atoms with Crippen LogP contribution in [-0.4, -0.2) is 35.4 Å². The lowest BCUT2D eigenvalue weighted by molar-refractivity contribution is -0.138. The van der Waals surface area contributed by atoms with Crippen LogP contribution in [-0.2, 0) is 6.18 Å². The van der Waals surface area contributed by atoms with Crippen LogP contribution in [0.15, 0.2) is 42.6 Å². The predicted octanol–water partition coefficient (Wildman–Crippen LogP) is 4.68. The highest BCUT2D eigenvalue weighted by molar-refractivity contribution is 5.93. The lowest BCUT2D eigenvalue weighted by Crippen LogP contribution is -2.61. The third kappa shape index (κ3) is 3.48. The molecule has 0 amide bonds. The summed E-state index contributed by atoms with van der Waals surface area (Å²) in [5.74, 6) is 0.574. The van der Waals surface area contributed by atoms with Crippen molar-refractivity contribution in [2.75, 3.05) is 23.3 Å². The molecule has 2 saturated heterocycles. The van der Waals surface area contributed by atoms with Gasteiger partial charge in [-0.25, -0.2) is 0 Å². The monoisotopic (exact) mass is 427 g/mol. The molecule has 5 nitrogen and oxygen atoms in total. The summed E-state index contributed by atoms with van der Waals surface area (Å²) in [6.07, 6.45) is -1.53. The van der Waals surface area contributed by atoms with Gasteiger partial charge in [-0.2, -0.15) is 18.3 Å². The van der Waals surface area contributed by atoms with E-state index in [1.165, 1.54) is 13.0 Å². The van der Waals surface area contributed by atoms with E-state index in [0.717, 1.165) is 42.0 Å². The van der Waals surface area contributed by atoms with Crippen molar-refractivity contribution in [1.82, 2.24) is 15.5 Å². The number of nitrogens with one attached hydrogen (secondary N) is 2. The maximum atomic E-state index is 13.3. The number of nitrogens with zero attached hydrogens (tertiary/aromatic N) is 3. The Hall–Kier alpha value is -2.87. The molecule has 0 aliphatic carbocycles. The molecule has 1 aromatic heterocycles. The first-order valence-electron chi connectivity index (χ1n) is 10.5. The number of rotatable bonds is 4. The van der Waals surface area contributed by atoms with Gasteiger partial charge in [0.15, 0.2) is 5.82 Å². The average Bonchev–Trinajstić information content (AvgIpc) is 3.08. The Labute approximate surface area is 178 Å². The van der Waals surface area contributed by atoms with Gasteiger partial charge in [-0.15, -0.1) is 5.10 Å². The first-order chi connectivity index (χ1) is 14.8. The van der Waals surface area contributed by atoms with Crippen LogP contribution in [0, 0.1) is 6.92 Å². The number of aromatic nitrogens is 2. The summed E-state index contributed by atoms with van der Waals surface area (Å²) in [5, 5.41) is 17.0. The van der Waals surface area contributed by atoms with Crippen molar-refractivity contribution in [3.8, 4) is 0 Å². The molecule has 0 unspecified atom stereocenters. The minimum absolute atomic E-state index is 0.226. The van der Waals surface area contributed by atoms with E-state index in [-0.39, 0.29) is 11.6 Å². The summed E-state index contributed by atoms with van der Waals surface area (Å²) in [6, 6.07) is 11.2. The van der Waals surface area contributed by atoms with Crippen LogP contribution >= 0.6 is 0 Å². The standard InChI is InChI=1S/C23H24F3N5/c1-13-17(4-3-5-19(13)23(24,25)26)14(2)29-22-18-10-16(7-6-15(18)11-28-30-22)31-12-20-21(31)8-9-27-20/h3-7,10-11,14,20-21,27H,8-9,12H2,1-2H3,(H,29,30)/t14-,20-,21-/m1/s1. The fourth-order valence-corrected chi connectivity index (χ4v) is 4.88. The fraction of sp³-hybridized carbons (Fsp3) is 0.391. The zero-order chi connectivity index (χ0) is 21.8. The van der Waals surface area contributed by atoms with Crippen molar-refractivity contribution < 1.29 is 13.2 Å². The third-order valence-corrected chi connectivity index (χ3v) is 6.58. The van der Waals surface area contributed by atoms with E-state index in [9.17, 15) is 13.2 Å². The molecule has 0 spiro atoms. The van der Waals surface area contributed by atoms with Crippen LogP contribution in [0.3, 0.4) is 0 Å². The number of benzene rings is 2. The molecule has 2 N–H and O–H groups in total. The molecule has 2 fully saturated rings. The highest BCUT2D eigenvalue weighted by Gasteiger charge is 2.42. The van der Waals surface area contributed by atoms with Crippen molar-refractivity contribution in [1.29, 1.82) is 0 Å². The zero-order valence-corrected chi connectivity index (χ0v) is 17.4. The van der Waals surface area contributed by atoms with Crippen LogP contribution in [0.5, 0.6) is 0 Å². The Bertz CT molecular complexity index is 1130. The first kappa shape index (κ1) is 20.1. The number of fused-ring (bicyclic) bond motifs is 2. The van der Waals surface area contributed by atoms with Gasteiger partial charge in [0.2, 0.25) is 0 Å². The lowest BCUT2D eigenvalue weighted by Gasteiger charge is -2.46. The van der Waals surface area contributed by atoms with Crippen LogP contribution in [0.2, 0.25) is 0 Å². The fourth-order valence-electron chi connectivity index (χ4n) is 4.88. The molecular weight excluding hydrogens is 403 g/mol. The minimum Gasteiger partial charge on any atom is -0.365 e. The number of hydrogen-bond acceptors (Lipinski definition) is 5. The molecule has 0 saturated carbocycles. The third-order valence-electron chi connectivity index (χ3n) is 6.58. The van der Waals surface area contributed by atoms with E-state index >= 15 is 0 Å². The molecule has 8 heteroatoms. The Morgan fingerprint density at radius 1 is 1.23 bits per heavy atom. The van der Waals surface area contributed by atoms with Gasteiger partial charge in [-0.3, -0.25) is 0 Å². The van der Waals surface area contributed by atoms with Crippen LogP contribution in [0.25, 0.3) is 10.8 Å². The highest BCUT2D eigenvalue weighted by Crippen LogP contribution is 2.37. The molecule has 3 heterocycles. The molecule has 162 valence electrons. The number of halogens is 3. The molecule has 2 aromatic carbocycles. The number of anilines is 2. The predicted molar refractivity (Wildman–Crippen MR) is 115 cm³/mol. The molecule has 5 rings (SSSR count). The van der Waals surface area contributed by atoms with Gasteiger partial charge < -0.3 is 15.5 Å². The van der Waals surface area contributed by atoms with E-state index in [0.29, 0.717) is 23.5 Å². The summed E-state index contributed by atoms with van der Waals surface area (Å²) < 4.78 is 40.0. The van der Waals surface area contributed by atoms with Crippen molar-refractivity contribution in [3.63, 3.8) is 0 Å². The number of alkyl halides is 3. The SMILES string of the molecule is Cc1c([C@@H](C)Nc2nncc3ccc(N4C[C@H]5NCC[C@H]54)cc23)cccc1C(F)(F)F. The van der Waals surface area contributed by atoms with E-state index in [2.05, 4.69) is 37.9 Å². The summed E-state index contributed by atoms with van der Waals surface area (Å²) in [5.41, 5.74) is 1.34. The van der Waals surface area contributed by atoms with Crippen molar-refractivity contribution in [2.45, 2.75) is 44.6 Å². The summed E-state index contributed by atoms with van der Waals surface area (Å²) in [7, 11) is 0. The molecular formula is C23H24F3N5. The Balaban J connectivity index is 1.46. The van der Waals surface area contributed by atoms with E-state index in [1.54, 1.807) is 12.3 Å². The van der Waals surface area contributed by atoms with Crippen LogP contribution < -0.4 is 15.5 Å². The van der Waals surface area contributed by atoms with Crippen molar-refractivity contribution >= 4 is 22.3 Å². The summed E-state index contributed by atoms with van der Waals surface area (Å²) in [4.78, 5) is 2.40. The highest BCUT2D eigenvalue weighted by atomic mass is 19.4. The summed E-state index contributed by atoms with van der Waals surface area (Å²) >= 11 is 0. The first-order valence-corrected chi connectivity index (χ1v) is 10.5. The second kappa shape index (κ2) is 7.37. The van der Waals surface area contributed by atoms with Crippen molar-refractivity contribution in [2.24, 2.45) is 0 Å². The van der Waals surface area contributed by atoms with Gasteiger partial charge >= 0.3 is 6.18 Å². The molecule has 3 atom stereocenters. The van der Waals surface area contributed by atoms with E-state index in [1.807, 2.05) is 13.0 Å². The second-order valence-corrected chi connectivity index (χ2v) is 8.42. The maximum absolute atomic E-state index is 13.3. The van der Waals surface area contributed by atoms with Crippen molar-refractivity contribution in [3.05, 3.63) is 59.3 Å². The largest absolute Gasteiger partial charge is 0.416 e. The van der Waals surface area contributed by atoms with Gasteiger partial charge in [0.1, 0.15) is 0 Å². The summed E-state index contributed by atoms with van der Waals surface area (Å²) in [6.45, 7) is 5.39. The Morgan fingerprint density at radius 2 is 2.06 bits per heavy atom. The van der Waals surface area contributed by atoms with Gasteiger partial charge in [0, 0.05) is 35.1 Å². The molecule has 31 heavy (non-hydrogen) atoms. The number of hydrogen-bond donors (Lipinski definition) is 2. The van der Waals surface area contributed by atoms with Crippen LogP contribution in [0.1, 0.15) is 36.1 Å². The van der Waals surface area contributed by atoms with Gasteiger partial charge in [0.05, 0.1) is 17.8 Å². The van der Waals surface area contributed by atoms with Gasteiger partial charge in [-0.1, -0.05) is 18.2 Å². The maximum Gasteiger partial charge on any atom is 0.416 e.